The highest BCUT2D eigenvalue weighted by molar-refractivity contribution is 6.03. The van der Waals surface area contributed by atoms with Gasteiger partial charge >= 0.3 is 30.3 Å². The van der Waals surface area contributed by atoms with Crippen LogP contribution in [0.15, 0.2) is 12.2 Å². The van der Waals surface area contributed by atoms with E-state index in [0.717, 1.165) is 0 Å². The van der Waals surface area contributed by atoms with Gasteiger partial charge in [-0.25, -0.2) is 4.79 Å². The number of fused-ring (bicyclic) bond motifs is 3. The molecule has 0 aromatic rings. The van der Waals surface area contributed by atoms with E-state index in [-0.39, 0.29) is 18.4 Å². The lowest BCUT2D eigenvalue weighted by Crippen LogP contribution is -2.51. The molecule has 0 amide bonds. The summed E-state index contributed by atoms with van der Waals surface area (Å²) < 4.78 is 90.1. The molecule has 0 aromatic carbocycles. The molecule has 3 fully saturated rings. The second kappa shape index (κ2) is 5.86. The van der Waals surface area contributed by atoms with Gasteiger partial charge in [-0.2, -0.15) is 26.3 Å². The summed E-state index contributed by atoms with van der Waals surface area (Å²) in [5.41, 5.74) is -3.70. The Kier molecular flexibility index (Phi) is 4.29. The van der Waals surface area contributed by atoms with Gasteiger partial charge in [-0.05, 0) is 25.7 Å². The smallest absolute Gasteiger partial charge is 0.434 e. The summed E-state index contributed by atoms with van der Waals surface area (Å²) >= 11 is 0. The van der Waals surface area contributed by atoms with Gasteiger partial charge in [0.1, 0.15) is 6.10 Å². The molecule has 0 radical (unpaired) electrons. The van der Waals surface area contributed by atoms with Crippen molar-refractivity contribution < 1.29 is 54.9 Å². The number of rotatable bonds is 4. The van der Waals surface area contributed by atoms with Crippen molar-refractivity contribution in [3.8, 4) is 0 Å². The maximum atomic E-state index is 12.7. The van der Waals surface area contributed by atoms with Crippen LogP contribution in [0.5, 0.6) is 0 Å². The van der Waals surface area contributed by atoms with Gasteiger partial charge in [0.25, 0.3) is 6.10 Å². The topological polar surface area (TPSA) is 78.9 Å². The van der Waals surface area contributed by atoms with Gasteiger partial charge in [-0.3, -0.25) is 9.59 Å². The SMILES string of the molecule is C=C(C)C(=O)OC1CC2CC13CC2(C(=O)OC(C(F)(F)F)C(F)(F)F)C(=O)O3. The van der Waals surface area contributed by atoms with Crippen LogP contribution in [-0.2, 0) is 28.6 Å². The summed E-state index contributed by atoms with van der Waals surface area (Å²) in [5, 5.41) is 0. The predicted octanol–water partition coefficient (Wildman–Crippen LogP) is 2.61. The molecule has 4 unspecified atom stereocenters. The molecule has 1 aliphatic heterocycles. The van der Waals surface area contributed by atoms with Gasteiger partial charge in [-0.1, -0.05) is 6.58 Å². The Balaban J connectivity index is 1.83. The van der Waals surface area contributed by atoms with Crippen molar-refractivity contribution in [1.82, 2.24) is 0 Å². The van der Waals surface area contributed by atoms with E-state index in [2.05, 4.69) is 11.3 Å². The Bertz CT molecular complexity index is 744. The molecule has 0 aromatic heterocycles. The van der Waals surface area contributed by atoms with Crippen molar-refractivity contribution in [1.29, 1.82) is 0 Å². The van der Waals surface area contributed by atoms with E-state index in [0.29, 0.717) is 0 Å². The Hall–Kier alpha value is -2.27. The molecule has 4 atom stereocenters. The molecule has 2 aliphatic carbocycles. The van der Waals surface area contributed by atoms with Crippen molar-refractivity contribution in [2.45, 2.75) is 56.3 Å². The molecule has 0 N–H and O–H groups in total. The molecule has 1 heterocycles. The van der Waals surface area contributed by atoms with E-state index < -0.39 is 65.8 Å². The van der Waals surface area contributed by atoms with E-state index in [9.17, 15) is 40.7 Å². The standard InChI is InChI=1S/C16H14F6O6/c1-6(2)9(23)26-8-3-7-4-13(8)5-14(7,12(25)28-13)11(24)27-10(15(17,18)19)16(20,21)22/h7-8,10H,1,3-5H2,2H3. The van der Waals surface area contributed by atoms with Crippen LogP contribution in [-0.4, -0.2) is 48.1 Å². The fourth-order valence-electron chi connectivity index (χ4n) is 4.18. The normalized spacial score (nSPS) is 33.8. The molecule has 2 saturated carbocycles. The summed E-state index contributed by atoms with van der Waals surface area (Å²) in [6.07, 6.45) is -17.8. The van der Waals surface area contributed by atoms with Gasteiger partial charge in [0, 0.05) is 12.0 Å². The van der Waals surface area contributed by atoms with Crippen molar-refractivity contribution in [3.05, 3.63) is 12.2 Å². The van der Waals surface area contributed by atoms with Crippen LogP contribution in [0.2, 0.25) is 0 Å². The van der Waals surface area contributed by atoms with Crippen molar-refractivity contribution >= 4 is 17.9 Å². The molecule has 3 rings (SSSR count). The Morgan fingerprint density at radius 1 is 1.21 bits per heavy atom. The number of ether oxygens (including phenoxy) is 3. The average Bonchev–Trinajstić information content (AvgIpc) is 3.10. The van der Waals surface area contributed by atoms with Crippen LogP contribution < -0.4 is 0 Å². The van der Waals surface area contributed by atoms with Crippen LogP contribution >= 0.6 is 0 Å². The molecule has 1 saturated heterocycles. The van der Waals surface area contributed by atoms with Crippen molar-refractivity contribution in [3.63, 3.8) is 0 Å². The first-order valence-corrected chi connectivity index (χ1v) is 8.08. The van der Waals surface area contributed by atoms with Crippen LogP contribution in [0.25, 0.3) is 0 Å². The Labute approximate surface area is 153 Å². The number of carbonyl (C=O) groups excluding carboxylic acids is 3. The molecule has 28 heavy (non-hydrogen) atoms. The van der Waals surface area contributed by atoms with E-state index in [1.807, 2.05) is 0 Å². The molecule has 3 aliphatic rings. The third kappa shape index (κ3) is 2.84. The second-order valence-corrected chi connectivity index (χ2v) is 7.28. The quantitative estimate of drug-likeness (QED) is 0.231. The third-order valence-electron chi connectivity index (χ3n) is 5.39. The minimum absolute atomic E-state index is 0.0370. The van der Waals surface area contributed by atoms with Gasteiger partial charge < -0.3 is 14.2 Å². The average molecular weight is 416 g/mol. The number of carbonyl (C=O) groups is 3. The highest BCUT2D eigenvalue weighted by atomic mass is 19.4. The first-order valence-electron chi connectivity index (χ1n) is 8.08. The van der Waals surface area contributed by atoms with Gasteiger partial charge in [0.05, 0.1) is 0 Å². The molecule has 12 heteroatoms. The van der Waals surface area contributed by atoms with Gasteiger partial charge in [0.2, 0.25) is 0 Å². The van der Waals surface area contributed by atoms with Gasteiger partial charge in [0.15, 0.2) is 11.0 Å². The van der Waals surface area contributed by atoms with Crippen LogP contribution in [0.3, 0.4) is 0 Å². The highest BCUT2D eigenvalue weighted by Crippen LogP contribution is 2.66. The van der Waals surface area contributed by atoms with Gasteiger partial charge in [-0.15, -0.1) is 0 Å². The zero-order valence-electron chi connectivity index (χ0n) is 14.3. The molecule has 6 nitrogen and oxygen atoms in total. The summed E-state index contributed by atoms with van der Waals surface area (Å²) in [5.74, 6) is -4.97. The lowest BCUT2D eigenvalue weighted by Gasteiger charge is -2.32. The molecule has 3 bridgehead atoms. The summed E-state index contributed by atoms with van der Waals surface area (Å²) in [6, 6.07) is 0. The highest BCUT2D eigenvalue weighted by Gasteiger charge is 2.79. The molecular formula is C16H14F6O6. The van der Waals surface area contributed by atoms with E-state index in [4.69, 9.17) is 9.47 Å². The first kappa shape index (κ1) is 20.5. The summed E-state index contributed by atoms with van der Waals surface area (Å²) in [7, 11) is 0. The fraction of sp³-hybridized carbons (Fsp3) is 0.688. The predicted molar refractivity (Wildman–Crippen MR) is 75.3 cm³/mol. The number of alkyl halides is 6. The Morgan fingerprint density at radius 3 is 2.25 bits per heavy atom. The minimum Gasteiger partial charge on any atom is -0.455 e. The van der Waals surface area contributed by atoms with Crippen molar-refractivity contribution in [2.24, 2.45) is 11.3 Å². The number of halogens is 6. The van der Waals surface area contributed by atoms with Crippen LogP contribution in [0.1, 0.15) is 26.2 Å². The van der Waals surface area contributed by atoms with Crippen molar-refractivity contribution in [2.75, 3.05) is 0 Å². The third-order valence-corrected chi connectivity index (χ3v) is 5.39. The van der Waals surface area contributed by atoms with E-state index in [1.165, 1.54) is 6.92 Å². The van der Waals surface area contributed by atoms with Crippen LogP contribution in [0.4, 0.5) is 26.3 Å². The first-order chi connectivity index (χ1) is 12.6. The maximum Gasteiger partial charge on any atom is 0.434 e. The second-order valence-electron chi connectivity index (χ2n) is 7.28. The Morgan fingerprint density at radius 2 is 1.79 bits per heavy atom. The largest absolute Gasteiger partial charge is 0.455 e. The molecule has 1 spiro atoms. The monoisotopic (exact) mass is 416 g/mol. The fourth-order valence-corrected chi connectivity index (χ4v) is 4.18. The maximum absolute atomic E-state index is 12.7. The summed E-state index contributed by atoms with van der Waals surface area (Å²) in [6.45, 7) is 4.75. The van der Waals surface area contributed by atoms with E-state index >= 15 is 0 Å². The lowest BCUT2D eigenvalue weighted by atomic mass is 9.73. The number of hydrogen-bond donors (Lipinski definition) is 0. The lowest BCUT2D eigenvalue weighted by molar-refractivity contribution is -0.315. The zero-order chi connectivity index (χ0) is 21.3. The minimum atomic E-state index is -5.90. The molecule has 156 valence electrons. The number of esters is 3. The summed E-state index contributed by atoms with van der Waals surface area (Å²) in [4.78, 5) is 36.3. The zero-order valence-corrected chi connectivity index (χ0v) is 14.3. The number of hydrogen-bond acceptors (Lipinski definition) is 6. The van der Waals surface area contributed by atoms with E-state index in [1.54, 1.807) is 0 Å². The van der Waals surface area contributed by atoms with Crippen LogP contribution in [0, 0.1) is 11.3 Å². The molecular weight excluding hydrogens is 402 g/mol.